The number of para-hydroxylation sites is 1. The lowest BCUT2D eigenvalue weighted by Gasteiger charge is -2.32. The minimum Gasteiger partial charge on any atom is -0.339 e. The van der Waals surface area contributed by atoms with Crippen LogP contribution >= 0.6 is 0 Å². The lowest BCUT2D eigenvalue weighted by atomic mass is 9.77. The predicted octanol–water partition coefficient (Wildman–Crippen LogP) is 3.42. The first kappa shape index (κ1) is 18.8. The van der Waals surface area contributed by atoms with Crippen LogP contribution in [-0.4, -0.2) is 29.6 Å². The summed E-state index contributed by atoms with van der Waals surface area (Å²) >= 11 is 0. The third-order valence-electron chi connectivity index (χ3n) is 5.62. The molecule has 2 heterocycles. The van der Waals surface area contributed by atoms with Crippen LogP contribution < -0.4 is 4.72 Å². The van der Waals surface area contributed by atoms with Gasteiger partial charge in [-0.15, -0.1) is 0 Å². The highest BCUT2D eigenvalue weighted by molar-refractivity contribution is 7.88. The van der Waals surface area contributed by atoms with Crippen molar-refractivity contribution in [2.75, 3.05) is 6.26 Å². The van der Waals surface area contributed by atoms with E-state index in [1.165, 1.54) is 6.26 Å². The van der Waals surface area contributed by atoms with Crippen molar-refractivity contribution >= 4 is 32.0 Å². The molecule has 0 bridgehead atoms. The van der Waals surface area contributed by atoms with Crippen molar-refractivity contribution in [1.82, 2.24) is 19.7 Å². The maximum atomic E-state index is 12.0. The predicted molar refractivity (Wildman–Crippen MR) is 108 cm³/mol. The second-order valence-electron chi connectivity index (χ2n) is 7.67. The summed E-state index contributed by atoms with van der Waals surface area (Å²) in [6, 6.07) is 9.62. The molecule has 28 heavy (non-hydrogen) atoms. The Kier molecular flexibility index (Phi) is 5.04. The minimum absolute atomic E-state index is 0.143. The van der Waals surface area contributed by atoms with Gasteiger partial charge >= 0.3 is 0 Å². The summed E-state index contributed by atoms with van der Waals surface area (Å²) in [7, 11) is -3.40. The minimum atomic E-state index is -3.40. The van der Waals surface area contributed by atoms with Gasteiger partial charge in [-0.3, -0.25) is 4.98 Å². The van der Waals surface area contributed by atoms with Gasteiger partial charge in [-0.05, 0) is 43.6 Å². The monoisotopic (exact) mass is 397 g/mol. The molecule has 8 heteroatoms. The van der Waals surface area contributed by atoms with Crippen LogP contribution in [0.15, 0.2) is 30.5 Å². The molecule has 1 aromatic carbocycles. The zero-order chi connectivity index (χ0) is 19.7. The van der Waals surface area contributed by atoms with Gasteiger partial charge in [0.25, 0.3) is 0 Å². The third-order valence-corrected chi connectivity index (χ3v) is 6.30. The van der Waals surface area contributed by atoms with Crippen LogP contribution in [-0.2, 0) is 10.0 Å². The summed E-state index contributed by atoms with van der Waals surface area (Å²) in [5.74, 6) is 1.18. The third kappa shape index (κ3) is 3.86. The molecule has 0 saturated heterocycles. The van der Waals surface area contributed by atoms with Crippen LogP contribution in [0.25, 0.3) is 21.9 Å². The number of nitriles is 1. The first-order valence-electron chi connectivity index (χ1n) is 9.52. The molecule has 7 nitrogen and oxygen atoms in total. The summed E-state index contributed by atoms with van der Waals surface area (Å²) in [6.07, 6.45) is 7.11. The molecule has 2 N–H and O–H groups in total. The molecule has 0 radical (unpaired) electrons. The van der Waals surface area contributed by atoms with Crippen molar-refractivity contribution in [3.8, 4) is 6.07 Å². The fourth-order valence-corrected chi connectivity index (χ4v) is 5.00. The molecule has 0 spiro atoms. The molecular formula is C20H23N5O2S. The molecule has 1 saturated carbocycles. The van der Waals surface area contributed by atoms with E-state index in [9.17, 15) is 8.42 Å². The molecule has 0 amide bonds. The maximum Gasteiger partial charge on any atom is 0.209 e. The van der Waals surface area contributed by atoms with E-state index in [0.29, 0.717) is 18.2 Å². The number of rotatable bonds is 5. The Hall–Kier alpha value is -2.50. The molecule has 146 valence electrons. The van der Waals surface area contributed by atoms with E-state index >= 15 is 0 Å². The highest BCUT2D eigenvalue weighted by Gasteiger charge is 2.32. The lowest BCUT2D eigenvalue weighted by molar-refractivity contribution is 0.234. The number of benzene rings is 1. The average Bonchev–Trinajstić information content (AvgIpc) is 3.11. The van der Waals surface area contributed by atoms with Crippen LogP contribution in [0.2, 0.25) is 0 Å². The first-order chi connectivity index (χ1) is 13.4. The van der Waals surface area contributed by atoms with E-state index in [1.54, 1.807) is 6.20 Å². The van der Waals surface area contributed by atoms with E-state index in [4.69, 9.17) is 10.2 Å². The summed E-state index contributed by atoms with van der Waals surface area (Å²) in [5.41, 5.74) is 2.46. The van der Waals surface area contributed by atoms with Gasteiger partial charge in [0.1, 0.15) is 5.82 Å². The van der Waals surface area contributed by atoms with Gasteiger partial charge in [0.2, 0.25) is 10.0 Å². The van der Waals surface area contributed by atoms with E-state index in [1.807, 2.05) is 24.3 Å². The zero-order valence-corrected chi connectivity index (χ0v) is 16.5. The van der Waals surface area contributed by atoms with Crippen molar-refractivity contribution < 1.29 is 8.42 Å². The molecular weight excluding hydrogens is 374 g/mol. The highest BCUT2D eigenvalue weighted by Crippen LogP contribution is 2.38. The van der Waals surface area contributed by atoms with Crippen LogP contribution in [0.4, 0.5) is 0 Å². The Morgan fingerprint density at radius 3 is 2.75 bits per heavy atom. The largest absolute Gasteiger partial charge is 0.339 e. The molecule has 2 aromatic heterocycles. The van der Waals surface area contributed by atoms with E-state index < -0.39 is 16.1 Å². The normalized spacial score (nSPS) is 21.6. The number of hydrogen-bond donors (Lipinski definition) is 2. The number of aromatic amines is 1. The number of pyridine rings is 1. The fraction of sp³-hybridized carbons (Fsp3) is 0.450. The number of aromatic nitrogens is 3. The molecule has 3 aromatic rings. The number of hydrogen-bond acceptors (Lipinski definition) is 5. The van der Waals surface area contributed by atoms with Gasteiger partial charge in [0, 0.05) is 11.8 Å². The second-order valence-corrected chi connectivity index (χ2v) is 9.45. The highest BCUT2D eigenvalue weighted by atomic mass is 32.2. The Labute approximate surface area is 164 Å². The Balaban J connectivity index is 1.71. The molecule has 4 rings (SSSR count). The number of sulfonamides is 1. The Morgan fingerprint density at radius 2 is 2.04 bits per heavy atom. The van der Waals surface area contributed by atoms with Crippen molar-refractivity contribution in [3.05, 3.63) is 36.3 Å². The molecule has 1 aliphatic carbocycles. The van der Waals surface area contributed by atoms with Gasteiger partial charge in [-0.1, -0.05) is 18.2 Å². The van der Waals surface area contributed by atoms with Crippen molar-refractivity contribution in [1.29, 1.82) is 5.26 Å². The summed E-state index contributed by atoms with van der Waals surface area (Å²) < 4.78 is 26.9. The zero-order valence-electron chi connectivity index (χ0n) is 15.7. The molecule has 0 aliphatic heterocycles. The van der Waals surface area contributed by atoms with Gasteiger partial charge in [-0.25, -0.2) is 18.1 Å². The van der Waals surface area contributed by atoms with Crippen LogP contribution in [0.3, 0.4) is 0 Å². The van der Waals surface area contributed by atoms with E-state index in [2.05, 4.69) is 20.8 Å². The van der Waals surface area contributed by atoms with Gasteiger partial charge in [-0.2, -0.15) is 5.26 Å². The summed E-state index contributed by atoms with van der Waals surface area (Å²) in [5, 5.41) is 9.87. The van der Waals surface area contributed by atoms with Crippen LogP contribution in [0.1, 0.15) is 44.0 Å². The van der Waals surface area contributed by atoms with E-state index in [0.717, 1.165) is 47.6 Å². The quantitative estimate of drug-likeness (QED) is 0.685. The van der Waals surface area contributed by atoms with Crippen LogP contribution in [0, 0.1) is 23.2 Å². The van der Waals surface area contributed by atoms with Crippen molar-refractivity contribution in [2.45, 2.75) is 38.1 Å². The van der Waals surface area contributed by atoms with E-state index in [-0.39, 0.29) is 5.92 Å². The van der Waals surface area contributed by atoms with Crippen LogP contribution in [0.5, 0.6) is 0 Å². The number of imidazole rings is 1. The maximum absolute atomic E-state index is 12.0. The molecule has 1 atom stereocenters. The molecule has 1 unspecified atom stereocenters. The average molecular weight is 398 g/mol. The smallest absolute Gasteiger partial charge is 0.209 e. The number of H-pyrrole nitrogens is 1. The Bertz CT molecular complexity index is 1140. The van der Waals surface area contributed by atoms with Gasteiger partial charge < -0.3 is 4.98 Å². The van der Waals surface area contributed by atoms with Gasteiger partial charge in [0.15, 0.2) is 0 Å². The summed E-state index contributed by atoms with van der Waals surface area (Å²) in [6.45, 7) is 0. The topological polar surface area (TPSA) is 112 Å². The van der Waals surface area contributed by atoms with Crippen molar-refractivity contribution in [2.24, 2.45) is 11.8 Å². The van der Waals surface area contributed by atoms with Gasteiger partial charge in [0.05, 0.1) is 41.1 Å². The standard InChI is InChI=1S/C20H23N5O2S/c1-28(26,27)25-18(14-8-6-13(7-9-14)10-11-21)20-23-17-12-22-16-5-3-2-4-15(16)19(17)24-20/h2-5,12-14,18,25H,6-10H2,1H3,(H,23,24). The summed E-state index contributed by atoms with van der Waals surface area (Å²) in [4.78, 5) is 12.5. The molecule has 1 fully saturated rings. The number of nitrogens with zero attached hydrogens (tertiary/aromatic N) is 3. The number of nitrogens with one attached hydrogen (secondary N) is 2. The first-order valence-corrected chi connectivity index (χ1v) is 11.4. The lowest BCUT2D eigenvalue weighted by Crippen LogP contribution is -2.35. The Morgan fingerprint density at radius 1 is 1.29 bits per heavy atom. The second kappa shape index (κ2) is 7.49. The number of fused-ring (bicyclic) bond motifs is 3. The molecule has 1 aliphatic rings. The fourth-order valence-electron chi connectivity index (χ4n) is 4.23. The SMILES string of the molecule is CS(=O)(=O)NC(c1nc2c(cnc3ccccc32)[nH]1)C1CCC(CC#N)CC1. The van der Waals surface area contributed by atoms with Crippen molar-refractivity contribution in [3.63, 3.8) is 0 Å².